The molecule has 2 heterocycles. The van der Waals surface area contributed by atoms with E-state index in [9.17, 15) is 0 Å². The summed E-state index contributed by atoms with van der Waals surface area (Å²) >= 11 is 0. The van der Waals surface area contributed by atoms with Crippen LogP contribution in [0.1, 0.15) is 32.0 Å². The number of aromatic nitrogens is 1. The Labute approximate surface area is 179 Å². The molecule has 1 aliphatic rings. The van der Waals surface area contributed by atoms with Gasteiger partial charge in [0.15, 0.2) is 0 Å². The van der Waals surface area contributed by atoms with Crippen molar-refractivity contribution in [1.29, 1.82) is 0 Å². The SMILES string of the molecule is C=NN(C)/C=C\CCN1c2ccc(OC)cc2NC1c1ccc(N(CC)CC)nc1. The summed E-state index contributed by atoms with van der Waals surface area (Å²) in [5, 5.41) is 9.20. The van der Waals surface area contributed by atoms with Gasteiger partial charge in [0.05, 0.1) is 18.5 Å². The van der Waals surface area contributed by atoms with E-state index in [2.05, 4.69) is 65.1 Å². The number of benzene rings is 1. The van der Waals surface area contributed by atoms with Gasteiger partial charge >= 0.3 is 0 Å². The summed E-state index contributed by atoms with van der Waals surface area (Å²) in [5.74, 6) is 1.85. The number of nitrogens with zero attached hydrogens (tertiary/aromatic N) is 5. The second kappa shape index (κ2) is 10.0. The first-order chi connectivity index (χ1) is 14.6. The molecular formula is C23H32N6O. The van der Waals surface area contributed by atoms with Gasteiger partial charge < -0.3 is 19.9 Å². The molecule has 0 radical (unpaired) electrons. The molecule has 1 unspecified atom stereocenters. The van der Waals surface area contributed by atoms with Crippen LogP contribution in [-0.4, -0.2) is 50.5 Å². The Hall–Kier alpha value is -3.22. The number of rotatable bonds is 10. The van der Waals surface area contributed by atoms with Crippen molar-refractivity contribution in [3.05, 3.63) is 54.4 Å². The molecule has 1 aromatic heterocycles. The Bertz CT molecular complexity index is 862. The summed E-state index contributed by atoms with van der Waals surface area (Å²) in [6.45, 7) is 10.6. The second-order valence-electron chi connectivity index (χ2n) is 7.13. The van der Waals surface area contributed by atoms with Gasteiger partial charge in [-0.1, -0.05) is 6.08 Å². The van der Waals surface area contributed by atoms with Crippen LogP contribution < -0.4 is 19.9 Å². The van der Waals surface area contributed by atoms with Crippen LogP contribution in [0.4, 0.5) is 17.2 Å². The molecule has 1 atom stereocenters. The van der Waals surface area contributed by atoms with Crippen LogP contribution in [0, 0.1) is 0 Å². The molecule has 1 aliphatic heterocycles. The molecule has 3 rings (SSSR count). The van der Waals surface area contributed by atoms with Crippen molar-refractivity contribution in [2.24, 2.45) is 5.10 Å². The fraction of sp³-hybridized carbons (Fsp3) is 0.391. The summed E-state index contributed by atoms with van der Waals surface area (Å²) in [4.78, 5) is 9.34. The monoisotopic (exact) mass is 408 g/mol. The highest BCUT2D eigenvalue weighted by Gasteiger charge is 2.30. The van der Waals surface area contributed by atoms with Crippen molar-refractivity contribution < 1.29 is 4.74 Å². The maximum Gasteiger partial charge on any atom is 0.128 e. The molecule has 1 N–H and O–H groups in total. The number of nitrogens with one attached hydrogen (secondary N) is 1. The first-order valence-electron chi connectivity index (χ1n) is 10.4. The molecule has 2 aromatic rings. The van der Waals surface area contributed by atoms with Gasteiger partial charge in [-0.05, 0) is 44.5 Å². The van der Waals surface area contributed by atoms with Crippen LogP contribution in [0.3, 0.4) is 0 Å². The number of ether oxygens (including phenoxy) is 1. The number of hydrazone groups is 1. The quantitative estimate of drug-likeness (QED) is 0.467. The molecule has 0 aliphatic carbocycles. The predicted molar refractivity (Wildman–Crippen MR) is 126 cm³/mol. The van der Waals surface area contributed by atoms with Crippen molar-refractivity contribution in [1.82, 2.24) is 9.99 Å². The second-order valence-corrected chi connectivity index (χ2v) is 7.13. The number of fused-ring (bicyclic) bond motifs is 1. The van der Waals surface area contributed by atoms with Gasteiger partial charge in [0.25, 0.3) is 0 Å². The van der Waals surface area contributed by atoms with Crippen molar-refractivity contribution in [3.63, 3.8) is 0 Å². The molecule has 30 heavy (non-hydrogen) atoms. The maximum atomic E-state index is 5.41. The first-order valence-corrected chi connectivity index (χ1v) is 10.4. The number of methoxy groups -OCH3 is 1. The fourth-order valence-electron chi connectivity index (χ4n) is 3.67. The van der Waals surface area contributed by atoms with Gasteiger partial charge in [-0.15, -0.1) is 0 Å². The third kappa shape index (κ3) is 4.67. The van der Waals surface area contributed by atoms with E-state index in [1.165, 1.54) is 0 Å². The molecule has 0 saturated carbocycles. The van der Waals surface area contributed by atoms with Gasteiger partial charge in [-0.3, -0.25) is 5.01 Å². The molecule has 0 bridgehead atoms. The predicted octanol–water partition coefficient (Wildman–Crippen LogP) is 4.32. The van der Waals surface area contributed by atoms with Gasteiger partial charge in [0.1, 0.15) is 17.7 Å². The molecule has 0 saturated heterocycles. The summed E-state index contributed by atoms with van der Waals surface area (Å²) < 4.78 is 5.41. The highest BCUT2D eigenvalue weighted by Crippen LogP contribution is 2.43. The summed E-state index contributed by atoms with van der Waals surface area (Å²) in [6.07, 6.45) is 6.92. The van der Waals surface area contributed by atoms with E-state index >= 15 is 0 Å². The lowest BCUT2D eigenvalue weighted by atomic mass is 10.2. The number of anilines is 3. The third-order valence-corrected chi connectivity index (χ3v) is 5.37. The standard InChI is InChI=1S/C23H32N6O/c1-6-28(7-2)22-13-10-18(17-25-22)23-26-20-16-19(30-5)11-12-21(20)29(23)15-9-8-14-27(4)24-3/h8,10-14,16-17,23,26H,3,6-7,9,15H2,1-2,4-5H3/b14-8-. The van der Waals surface area contributed by atoms with Crippen LogP contribution in [-0.2, 0) is 0 Å². The molecule has 0 spiro atoms. The fourth-order valence-corrected chi connectivity index (χ4v) is 3.67. The Morgan fingerprint density at radius 1 is 1.27 bits per heavy atom. The minimum absolute atomic E-state index is 0.0222. The largest absolute Gasteiger partial charge is 0.497 e. The zero-order chi connectivity index (χ0) is 21.5. The van der Waals surface area contributed by atoms with E-state index in [0.29, 0.717) is 0 Å². The minimum Gasteiger partial charge on any atom is -0.497 e. The van der Waals surface area contributed by atoms with E-state index in [0.717, 1.165) is 54.6 Å². The molecule has 0 fully saturated rings. The van der Waals surface area contributed by atoms with Crippen LogP contribution >= 0.6 is 0 Å². The highest BCUT2D eigenvalue weighted by molar-refractivity contribution is 5.78. The third-order valence-electron chi connectivity index (χ3n) is 5.37. The molecule has 160 valence electrons. The van der Waals surface area contributed by atoms with Gasteiger partial charge in [0, 0.05) is 57.4 Å². The van der Waals surface area contributed by atoms with Crippen molar-refractivity contribution in [3.8, 4) is 5.75 Å². The molecule has 7 heteroatoms. The van der Waals surface area contributed by atoms with Crippen LogP contribution in [0.25, 0.3) is 0 Å². The topological polar surface area (TPSA) is 56.2 Å². The number of hydrogen-bond donors (Lipinski definition) is 1. The van der Waals surface area contributed by atoms with Crippen LogP contribution in [0.15, 0.2) is 53.9 Å². The highest BCUT2D eigenvalue weighted by atomic mass is 16.5. The summed E-state index contributed by atoms with van der Waals surface area (Å²) in [5.41, 5.74) is 3.37. The summed E-state index contributed by atoms with van der Waals surface area (Å²) in [7, 11) is 3.56. The van der Waals surface area contributed by atoms with Crippen molar-refractivity contribution in [2.75, 3.05) is 48.9 Å². The lowest BCUT2D eigenvalue weighted by Crippen LogP contribution is -2.29. The molecule has 1 aromatic carbocycles. The zero-order valence-electron chi connectivity index (χ0n) is 18.4. The number of pyridine rings is 1. The number of hydrogen-bond acceptors (Lipinski definition) is 7. The summed E-state index contributed by atoms with van der Waals surface area (Å²) in [6, 6.07) is 10.4. The minimum atomic E-state index is 0.0222. The van der Waals surface area contributed by atoms with Crippen molar-refractivity contribution >= 4 is 23.9 Å². The first kappa shape index (κ1) is 21.5. The van der Waals surface area contributed by atoms with E-state index < -0.39 is 0 Å². The Kier molecular flexibility index (Phi) is 7.17. The smallest absolute Gasteiger partial charge is 0.128 e. The van der Waals surface area contributed by atoms with E-state index in [-0.39, 0.29) is 6.17 Å². The van der Waals surface area contributed by atoms with Gasteiger partial charge in [-0.25, -0.2) is 4.98 Å². The lowest BCUT2D eigenvalue weighted by Gasteiger charge is -2.27. The lowest BCUT2D eigenvalue weighted by molar-refractivity contribution is 0.415. The van der Waals surface area contributed by atoms with E-state index in [1.54, 1.807) is 12.1 Å². The van der Waals surface area contributed by atoms with Crippen molar-refractivity contribution in [2.45, 2.75) is 26.4 Å². The van der Waals surface area contributed by atoms with E-state index in [4.69, 9.17) is 9.72 Å². The molecular weight excluding hydrogens is 376 g/mol. The van der Waals surface area contributed by atoms with Crippen LogP contribution in [0.5, 0.6) is 5.75 Å². The molecule has 7 nitrogen and oxygen atoms in total. The van der Waals surface area contributed by atoms with Gasteiger partial charge in [0.2, 0.25) is 0 Å². The Morgan fingerprint density at radius 3 is 2.70 bits per heavy atom. The van der Waals surface area contributed by atoms with E-state index in [1.807, 2.05) is 31.6 Å². The Balaban J connectivity index is 1.83. The Morgan fingerprint density at radius 2 is 2.07 bits per heavy atom. The average Bonchev–Trinajstić information content (AvgIpc) is 3.15. The normalized spacial score (nSPS) is 15.1. The van der Waals surface area contributed by atoms with Gasteiger partial charge in [-0.2, -0.15) is 5.10 Å². The average molecular weight is 409 g/mol. The zero-order valence-corrected chi connectivity index (χ0v) is 18.4. The molecule has 0 amide bonds. The maximum absolute atomic E-state index is 5.41. The van der Waals surface area contributed by atoms with Crippen LogP contribution in [0.2, 0.25) is 0 Å².